The van der Waals surface area contributed by atoms with E-state index in [2.05, 4.69) is 31.3 Å². The summed E-state index contributed by atoms with van der Waals surface area (Å²) >= 11 is 1.83. The number of nitrogens with one attached hydrogen (secondary N) is 1. The van der Waals surface area contributed by atoms with E-state index < -0.39 is 0 Å². The first-order valence-electron chi connectivity index (χ1n) is 6.13. The van der Waals surface area contributed by atoms with E-state index in [1.54, 1.807) is 0 Å². The summed E-state index contributed by atoms with van der Waals surface area (Å²) < 4.78 is 0. The third kappa shape index (κ3) is 7.05. The molecule has 0 aliphatic carbocycles. The first-order valence-corrected chi connectivity index (χ1v) is 7.11. The summed E-state index contributed by atoms with van der Waals surface area (Å²) in [6.45, 7) is 4.90. The van der Waals surface area contributed by atoms with Crippen molar-refractivity contribution in [2.24, 2.45) is 5.92 Å². The number of carbonyl (C=O) groups excluding carboxylic acids is 1. The minimum Gasteiger partial charge on any atom is -0.356 e. The topological polar surface area (TPSA) is 29.1 Å². The van der Waals surface area contributed by atoms with E-state index in [9.17, 15) is 4.79 Å². The molecule has 0 aromatic heterocycles. The molecule has 17 heavy (non-hydrogen) atoms. The van der Waals surface area contributed by atoms with Crippen LogP contribution in [-0.4, -0.2) is 18.2 Å². The average molecular weight is 251 g/mol. The van der Waals surface area contributed by atoms with Crippen molar-refractivity contribution in [2.45, 2.75) is 31.6 Å². The van der Waals surface area contributed by atoms with Crippen LogP contribution in [0.2, 0.25) is 0 Å². The van der Waals surface area contributed by atoms with Crippen molar-refractivity contribution in [1.82, 2.24) is 5.32 Å². The van der Waals surface area contributed by atoms with Crippen molar-refractivity contribution < 1.29 is 4.79 Å². The van der Waals surface area contributed by atoms with Crippen LogP contribution >= 0.6 is 11.8 Å². The molecule has 0 radical (unpaired) electrons. The number of thioether (sulfide) groups is 1. The van der Waals surface area contributed by atoms with Gasteiger partial charge in [0.05, 0.1) is 0 Å². The van der Waals surface area contributed by atoms with Gasteiger partial charge in [-0.25, -0.2) is 0 Å². The van der Waals surface area contributed by atoms with Crippen LogP contribution in [0.25, 0.3) is 0 Å². The van der Waals surface area contributed by atoms with Crippen molar-refractivity contribution >= 4 is 17.7 Å². The Morgan fingerprint density at radius 2 is 2.00 bits per heavy atom. The molecule has 0 heterocycles. The number of hydrogen-bond acceptors (Lipinski definition) is 2. The molecule has 0 atom stereocenters. The van der Waals surface area contributed by atoms with Gasteiger partial charge in [-0.05, 0) is 30.2 Å². The minimum atomic E-state index is 0.171. The summed E-state index contributed by atoms with van der Waals surface area (Å²) in [6.07, 6.45) is 1.65. The number of carbonyl (C=O) groups is 1. The molecular weight excluding hydrogens is 230 g/mol. The van der Waals surface area contributed by atoms with Gasteiger partial charge >= 0.3 is 0 Å². The van der Waals surface area contributed by atoms with Gasteiger partial charge in [-0.3, -0.25) is 4.79 Å². The third-order valence-electron chi connectivity index (χ3n) is 2.25. The van der Waals surface area contributed by atoms with Gasteiger partial charge in [0.25, 0.3) is 0 Å². The molecule has 0 saturated heterocycles. The third-order valence-corrected chi connectivity index (χ3v) is 3.35. The second kappa shape index (κ2) is 8.18. The van der Waals surface area contributed by atoms with Gasteiger partial charge in [-0.2, -0.15) is 0 Å². The fraction of sp³-hybridized carbons (Fsp3) is 0.500. The molecule has 1 aromatic rings. The lowest BCUT2D eigenvalue weighted by molar-refractivity contribution is -0.121. The Morgan fingerprint density at radius 3 is 2.65 bits per heavy atom. The van der Waals surface area contributed by atoms with Crippen LogP contribution in [0.1, 0.15) is 26.7 Å². The molecule has 1 aromatic carbocycles. The van der Waals surface area contributed by atoms with Gasteiger partial charge in [0.2, 0.25) is 5.91 Å². The van der Waals surface area contributed by atoms with Crippen molar-refractivity contribution in [2.75, 3.05) is 12.3 Å². The Labute approximate surface area is 108 Å². The lowest BCUT2D eigenvalue weighted by Gasteiger charge is -2.06. The lowest BCUT2D eigenvalue weighted by atomic mass is 10.1. The molecule has 2 nitrogen and oxygen atoms in total. The van der Waals surface area contributed by atoms with Crippen LogP contribution in [-0.2, 0) is 4.79 Å². The largest absolute Gasteiger partial charge is 0.356 e. The van der Waals surface area contributed by atoms with Crippen LogP contribution in [0.3, 0.4) is 0 Å². The van der Waals surface area contributed by atoms with Crippen molar-refractivity contribution in [1.29, 1.82) is 0 Å². The maximum absolute atomic E-state index is 11.4. The van der Waals surface area contributed by atoms with Crippen LogP contribution in [0.4, 0.5) is 0 Å². The molecule has 0 saturated carbocycles. The van der Waals surface area contributed by atoms with Gasteiger partial charge in [0.15, 0.2) is 0 Å². The van der Waals surface area contributed by atoms with Crippen molar-refractivity contribution in [3.8, 4) is 0 Å². The van der Waals surface area contributed by atoms with E-state index >= 15 is 0 Å². The predicted molar refractivity (Wildman–Crippen MR) is 74.2 cm³/mol. The molecule has 1 amide bonds. The number of amides is 1. The highest BCUT2D eigenvalue weighted by atomic mass is 32.2. The van der Waals surface area contributed by atoms with Gasteiger partial charge in [-0.1, -0.05) is 32.0 Å². The Morgan fingerprint density at radius 1 is 1.29 bits per heavy atom. The highest BCUT2D eigenvalue weighted by Gasteiger charge is 2.03. The monoisotopic (exact) mass is 251 g/mol. The zero-order chi connectivity index (χ0) is 12.5. The molecule has 0 aliphatic rings. The minimum absolute atomic E-state index is 0.171. The maximum Gasteiger partial charge on any atom is 0.220 e. The zero-order valence-electron chi connectivity index (χ0n) is 10.6. The summed E-state index contributed by atoms with van der Waals surface area (Å²) in [5, 5.41) is 2.95. The summed E-state index contributed by atoms with van der Waals surface area (Å²) in [6, 6.07) is 10.3. The first-order chi connectivity index (χ1) is 8.18. The van der Waals surface area contributed by atoms with E-state index in [1.165, 1.54) is 4.90 Å². The van der Waals surface area contributed by atoms with E-state index in [-0.39, 0.29) is 5.91 Å². The standard InChI is InChI=1S/C14H21NOS/c1-12(2)11-14(16)15-9-6-10-17-13-7-4-3-5-8-13/h3-5,7-8,12H,6,9-11H2,1-2H3,(H,15,16). The molecular formula is C14H21NOS. The first kappa shape index (κ1) is 14.1. The fourth-order valence-electron chi connectivity index (χ4n) is 1.45. The highest BCUT2D eigenvalue weighted by Crippen LogP contribution is 2.17. The summed E-state index contributed by atoms with van der Waals surface area (Å²) in [4.78, 5) is 12.7. The Kier molecular flexibility index (Phi) is 6.78. The van der Waals surface area contributed by atoms with E-state index in [4.69, 9.17) is 0 Å². The van der Waals surface area contributed by atoms with E-state index in [0.29, 0.717) is 12.3 Å². The fourth-order valence-corrected chi connectivity index (χ4v) is 2.32. The smallest absolute Gasteiger partial charge is 0.220 e. The van der Waals surface area contributed by atoms with Crippen molar-refractivity contribution in [3.63, 3.8) is 0 Å². The van der Waals surface area contributed by atoms with Crippen molar-refractivity contribution in [3.05, 3.63) is 30.3 Å². The molecule has 0 aliphatic heterocycles. The van der Waals surface area contributed by atoms with E-state index in [0.717, 1.165) is 18.7 Å². The van der Waals surface area contributed by atoms with Gasteiger partial charge in [0, 0.05) is 17.9 Å². The van der Waals surface area contributed by atoms with Crippen LogP contribution < -0.4 is 5.32 Å². The Hall–Kier alpha value is -0.960. The van der Waals surface area contributed by atoms with Gasteiger partial charge < -0.3 is 5.32 Å². The Bertz CT molecular complexity index is 324. The normalized spacial score (nSPS) is 10.5. The molecule has 0 unspecified atom stereocenters. The van der Waals surface area contributed by atoms with Crippen LogP contribution in [0.15, 0.2) is 35.2 Å². The molecule has 0 fully saturated rings. The zero-order valence-corrected chi connectivity index (χ0v) is 11.4. The Balaban J connectivity index is 2.03. The average Bonchev–Trinajstić information content (AvgIpc) is 2.29. The molecule has 1 N–H and O–H groups in total. The van der Waals surface area contributed by atoms with Crippen LogP contribution in [0.5, 0.6) is 0 Å². The molecule has 0 bridgehead atoms. The number of benzene rings is 1. The summed E-state index contributed by atoms with van der Waals surface area (Å²) in [5.41, 5.74) is 0. The SMILES string of the molecule is CC(C)CC(=O)NCCCSc1ccccc1. The van der Waals surface area contributed by atoms with Gasteiger partial charge in [-0.15, -0.1) is 11.8 Å². The highest BCUT2D eigenvalue weighted by molar-refractivity contribution is 7.99. The second-order valence-corrected chi connectivity index (χ2v) is 5.63. The number of rotatable bonds is 7. The lowest BCUT2D eigenvalue weighted by Crippen LogP contribution is -2.25. The molecule has 3 heteroatoms. The van der Waals surface area contributed by atoms with Gasteiger partial charge in [0.1, 0.15) is 0 Å². The van der Waals surface area contributed by atoms with Crippen LogP contribution in [0, 0.1) is 5.92 Å². The maximum atomic E-state index is 11.4. The summed E-state index contributed by atoms with van der Waals surface area (Å²) in [5.74, 6) is 1.66. The molecule has 1 rings (SSSR count). The number of hydrogen-bond donors (Lipinski definition) is 1. The molecule has 94 valence electrons. The second-order valence-electron chi connectivity index (χ2n) is 4.46. The molecule has 0 spiro atoms. The quantitative estimate of drug-likeness (QED) is 0.595. The summed E-state index contributed by atoms with van der Waals surface area (Å²) in [7, 11) is 0. The predicted octanol–water partition coefficient (Wildman–Crippen LogP) is 3.33. The van der Waals surface area contributed by atoms with E-state index in [1.807, 2.05) is 30.0 Å².